The van der Waals surface area contributed by atoms with Gasteiger partial charge in [-0.05, 0) is 30.5 Å². The summed E-state index contributed by atoms with van der Waals surface area (Å²) in [5.41, 5.74) is 0.109. The standard InChI is InChI=1S/C15H18F3NO2/c1-21-14(20)12-3-2-4-13(12)19-9-10-5-7-11(8-6-10)15(16,17)18/h5-8,12-13,19H,2-4,9H2,1H3/t12-,13+/m1/s1. The molecule has 0 amide bonds. The van der Waals surface area contributed by atoms with Crippen LogP contribution in [0, 0.1) is 5.92 Å². The predicted molar refractivity (Wildman–Crippen MR) is 71.4 cm³/mol. The third-order valence-corrected chi connectivity index (χ3v) is 3.87. The highest BCUT2D eigenvalue weighted by molar-refractivity contribution is 5.73. The topological polar surface area (TPSA) is 38.3 Å². The molecule has 2 atom stereocenters. The minimum Gasteiger partial charge on any atom is -0.469 e. The van der Waals surface area contributed by atoms with Crippen LogP contribution in [0.25, 0.3) is 0 Å². The monoisotopic (exact) mass is 301 g/mol. The van der Waals surface area contributed by atoms with Gasteiger partial charge in [-0.15, -0.1) is 0 Å². The molecule has 1 aromatic carbocycles. The second-order valence-electron chi connectivity index (χ2n) is 5.24. The maximum absolute atomic E-state index is 12.5. The van der Waals surface area contributed by atoms with E-state index in [0.717, 1.165) is 37.0 Å². The van der Waals surface area contributed by atoms with Crippen LogP contribution in [-0.4, -0.2) is 19.1 Å². The zero-order valence-corrected chi connectivity index (χ0v) is 11.7. The van der Waals surface area contributed by atoms with Gasteiger partial charge in [0.05, 0.1) is 18.6 Å². The summed E-state index contributed by atoms with van der Waals surface area (Å²) in [5, 5.41) is 3.24. The molecule has 21 heavy (non-hydrogen) atoms. The van der Waals surface area contributed by atoms with Crippen LogP contribution in [0.15, 0.2) is 24.3 Å². The van der Waals surface area contributed by atoms with Crippen molar-refractivity contribution in [2.24, 2.45) is 5.92 Å². The Morgan fingerprint density at radius 3 is 2.52 bits per heavy atom. The maximum Gasteiger partial charge on any atom is 0.416 e. The van der Waals surface area contributed by atoms with Gasteiger partial charge in [-0.25, -0.2) is 0 Å². The number of carbonyl (C=O) groups is 1. The van der Waals surface area contributed by atoms with Crippen molar-refractivity contribution in [3.63, 3.8) is 0 Å². The second kappa shape index (κ2) is 6.47. The van der Waals surface area contributed by atoms with Crippen LogP contribution in [0.3, 0.4) is 0 Å². The minimum atomic E-state index is -4.31. The van der Waals surface area contributed by atoms with Crippen LogP contribution in [-0.2, 0) is 22.3 Å². The Morgan fingerprint density at radius 1 is 1.29 bits per heavy atom. The van der Waals surface area contributed by atoms with E-state index in [1.165, 1.54) is 19.2 Å². The summed E-state index contributed by atoms with van der Waals surface area (Å²) in [7, 11) is 1.37. The first-order valence-electron chi connectivity index (χ1n) is 6.89. The zero-order chi connectivity index (χ0) is 15.5. The van der Waals surface area contributed by atoms with Crippen LogP contribution in [0.5, 0.6) is 0 Å². The van der Waals surface area contributed by atoms with Crippen molar-refractivity contribution in [2.75, 3.05) is 7.11 Å². The molecule has 0 bridgehead atoms. The molecule has 0 heterocycles. The molecule has 0 aliphatic heterocycles. The van der Waals surface area contributed by atoms with Gasteiger partial charge >= 0.3 is 12.1 Å². The molecule has 0 spiro atoms. The lowest BCUT2D eigenvalue weighted by molar-refractivity contribution is -0.146. The fourth-order valence-corrected chi connectivity index (χ4v) is 2.70. The van der Waals surface area contributed by atoms with Gasteiger partial charge in [-0.3, -0.25) is 4.79 Å². The molecular formula is C15H18F3NO2. The van der Waals surface area contributed by atoms with Crippen molar-refractivity contribution in [2.45, 2.75) is 38.0 Å². The molecule has 1 aliphatic carbocycles. The lowest BCUT2D eigenvalue weighted by atomic mass is 10.0. The Balaban J connectivity index is 1.92. The number of halogens is 3. The number of rotatable bonds is 4. The summed E-state index contributed by atoms with van der Waals surface area (Å²) in [6, 6.07) is 5.09. The van der Waals surface area contributed by atoms with E-state index >= 15 is 0 Å². The van der Waals surface area contributed by atoms with Crippen molar-refractivity contribution >= 4 is 5.97 Å². The Bertz CT molecular complexity index is 485. The van der Waals surface area contributed by atoms with Crippen molar-refractivity contribution < 1.29 is 22.7 Å². The molecule has 1 aliphatic rings. The van der Waals surface area contributed by atoms with Crippen LogP contribution < -0.4 is 5.32 Å². The maximum atomic E-state index is 12.5. The molecule has 1 aromatic rings. The van der Waals surface area contributed by atoms with Gasteiger partial charge in [0.25, 0.3) is 0 Å². The van der Waals surface area contributed by atoms with Crippen LogP contribution in [0.1, 0.15) is 30.4 Å². The van der Waals surface area contributed by atoms with E-state index in [2.05, 4.69) is 5.32 Å². The van der Waals surface area contributed by atoms with Gasteiger partial charge in [0.15, 0.2) is 0 Å². The molecule has 116 valence electrons. The van der Waals surface area contributed by atoms with Crippen LogP contribution >= 0.6 is 0 Å². The number of hydrogen-bond donors (Lipinski definition) is 1. The Morgan fingerprint density at radius 2 is 1.95 bits per heavy atom. The normalized spacial score (nSPS) is 22.3. The van der Waals surface area contributed by atoms with Crippen molar-refractivity contribution in [1.82, 2.24) is 5.32 Å². The van der Waals surface area contributed by atoms with Gasteiger partial charge in [-0.1, -0.05) is 18.6 Å². The first-order valence-corrected chi connectivity index (χ1v) is 6.89. The van der Waals surface area contributed by atoms with Gasteiger partial charge in [0.1, 0.15) is 0 Å². The number of methoxy groups -OCH3 is 1. The summed E-state index contributed by atoms with van der Waals surface area (Å²) in [5.74, 6) is -0.387. The number of ether oxygens (including phenoxy) is 1. The van der Waals surface area contributed by atoms with Crippen LogP contribution in [0.2, 0.25) is 0 Å². The largest absolute Gasteiger partial charge is 0.469 e. The van der Waals surface area contributed by atoms with E-state index in [0.29, 0.717) is 6.54 Å². The number of esters is 1. The van der Waals surface area contributed by atoms with Gasteiger partial charge < -0.3 is 10.1 Å². The third kappa shape index (κ3) is 3.97. The molecule has 0 saturated heterocycles. The van der Waals surface area contributed by atoms with E-state index in [1.54, 1.807) is 0 Å². The lowest BCUT2D eigenvalue weighted by Gasteiger charge is -2.19. The molecule has 0 aromatic heterocycles. The first kappa shape index (κ1) is 15.8. The number of hydrogen-bond acceptors (Lipinski definition) is 3. The van der Waals surface area contributed by atoms with Gasteiger partial charge in [0, 0.05) is 12.6 Å². The van der Waals surface area contributed by atoms with Crippen LogP contribution in [0.4, 0.5) is 13.2 Å². The fraction of sp³-hybridized carbons (Fsp3) is 0.533. The number of nitrogens with one attached hydrogen (secondary N) is 1. The minimum absolute atomic E-state index is 0.0275. The molecule has 0 radical (unpaired) electrons. The lowest BCUT2D eigenvalue weighted by Crippen LogP contribution is -2.36. The van der Waals surface area contributed by atoms with Gasteiger partial charge in [-0.2, -0.15) is 13.2 Å². The van der Waals surface area contributed by atoms with Crippen molar-refractivity contribution in [3.8, 4) is 0 Å². The smallest absolute Gasteiger partial charge is 0.416 e. The average molecular weight is 301 g/mol. The quantitative estimate of drug-likeness (QED) is 0.868. The Labute approximate surface area is 121 Å². The van der Waals surface area contributed by atoms with E-state index in [-0.39, 0.29) is 17.9 Å². The summed E-state index contributed by atoms with van der Waals surface area (Å²) in [6.07, 6.45) is -1.70. The number of benzene rings is 1. The molecular weight excluding hydrogens is 283 g/mol. The van der Waals surface area contributed by atoms with E-state index < -0.39 is 11.7 Å². The summed E-state index contributed by atoms with van der Waals surface area (Å²) in [6.45, 7) is 0.441. The molecule has 0 unspecified atom stereocenters. The molecule has 1 saturated carbocycles. The summed E-state index contributed by atoms with van der Waals surface area (Å²) >= 11 is 0. The Hall–Kier alpha value is -1.56. The molecule has 2 rings (SSSR count). The number of carbonyl (C=O) groups excluding carboxylic acids is 1. The SMILES string of the molecule is COC(=O)[C@@H]1CCC[C@@H]1NCc1ccc(C(F)(F)F)cc1. The fourth-order valence-electron chi connectivity index (χ4n) is 2.70. The average Bonchev–Trinajstić information content (AvgIpc) is 2.92. The first-order chi connectivity index (χ1) is 9.91. The summed E-state index contributed by atoms with van der Waals surface area (Å²) < 4.78 is 42.2. The third-order valence-electron chi connectivity index (χ3n) is 3.87. The number of alkyl halides is 3. The predicted octanol–water partition coefficient (Wildman–Crippen LogP) is 3.14. The molecule has 6 heteroatoms. The van der Waals surface area contributed by atoms with Gasteiger partial charge in [0.2, 0.25) is 0 Å². The molecule has 3 nitrogen and oxygen atoms in total. The van der Waals surface area contributed by atoms with E-state index in [9.17, 15) is 18.0 Å². The molecule has 1 N–H and O–H groups in total. The highest BCUT2D eigenvalue weighted by Crippen LogP contribution is 2.29. The van der Waals surface area contributed by atoms with E-state index in [1.807, 2.05) is 0 Å². The zero-order valence-electron chi connectivity index (χ0n) is 11.7. The van der Waals surface area contributed by atoms with Crippen molar-refractivity contribution in [3.05, 3.63) is 35.4 Å². The Kier molecular flexibility index (Phi) is 4.88. The van der Waals surface area contributed by atoms with E-state index in [4.69, 9.17) is 4.74 Å². The highest BCUT2D eigenvalue weighted by atomic mass is 19.4. The van der Waals surface area contributed by atoms with Crippen molar-refractivity contribution in [1.29, 1.82) is 0 Å². The molecule has 1 fully saturated rings. The second-order valence-corrected chi connectivity index (χ2v) is 5.24. The highest BCUT2D eigenvalue weighted by Gasteiger charge is 2.33. The summed E-state index contributed by atoms with van der Waals surface area (Å²) in [4.78, 5) is 11.6.